The molecule has 1 fully saturated rings. The number of nitrogens with one attached hydrogen (secondary N) is 1. The van der Waals surface area contributed by atoms with Crippen LogP contribution in [0.4, 0.5) is 5.00 Å². The Bertz CT molecular complexity index is 607. The van der Waals surface area contributed by atoms with E-state index in [0.29, 0.717) is 11.8 Å². The lowest BCUT2D eigenvalue weighted by Crippen LogP contribution is -2.14. The maximum Gasteiger partial charge on any atom is 0.262 e. The van der Waals surface area contributed by atoms with Crippen molar-refractivity contribution in [2.24, 2.45) is 5.92 Å². The monoisotopic (exact) mass is 306 g/mol. The van der Waals surface area contributed by atoms with E-state index in [-0.39, 0.29) is 0 Å². The van der Waals surface area contributed by atoms with Crippen LogP contribution in [0.25, 0.3) is 11.5 Å². The van der Waals surface area contributed by atoms with E-state index < -0.39 is 0 Å². The lowest BCUT2D eigenvalue weighted by molar-refractivity contribution is 0.300. The highest BCUT2D eigenvalue weighted by Gasteiger charge is 2.27. The summed E-state index contributed by atoms with van der Waals surface area (Å²) in [5.41, 5.74) is 1.89. The third-order valence-electron chi connectivity index (χ3n) is 4.47. The van der Waals surface area contributed by atoms with Crippen LogP contribution in [-0.2, 0) is 0 Å². The Morgan fingerprint density at radius 1 is 1.38 bits per heavy atom. The summed E-state index contributed by atoms with van der Waals surface area (Å²) in [4.78, 5) is 4.66. The van der Waals surface area contributed by atoms with Gasteiger partial charge in [-0.15, -0.1) is 0 Å². The minimum atomic E-state index is 0.450. The van der Waals surface area contributed by atoms with Crippen LogP contribution in [0.3, 0.4) is 0 Å². The molecule has 1 N–H and O–H groups in total. The summed E-state index contributed by atoms with van der Waals surface area (Å²) in [5.74, 6) is 2.73. The summed E-state index contributed by atoms with van der Waals surface area (Å²) >= 11 is 1.43. The van der Waals surface area contributed by atoms with Gasteiger partial charge in [0.15, 0.2) is 5.82 Å². The molecule has 2 atom stereocenters. The first-order chi connectivity index (χ1) is 10.2. The van der Waals surface area contributed by atoms with Gasteiger partial charge in [0, 0.05) is 13.0 Å². The van der Waals surface area contributed by atoms with E-state index in [4.69, 9.17) is 4.52 Å². The SMILES string of the molecule is CCC1CCCC(c2noc(-c3c(C)nsc3NC)n2)C1. The van der Waals surface area contributed by atoms with E-state index in [0.717, 1.165) is 28.0 Å². The van der Waals surface area contributed by atoms with Crippen molar-refractivity contribution in [1.82, 2.24) is 14.5 Å². The average Bonchev–Trinajstić information content (AvgIpc) is 3.13. The number of anilines is 1. The van der Waals surface area contributed by atoms with Gasteiger partial charge in [0.05, 0.1) is 11.3 Å². The molecule has 5 nitrogen and oxygen atoms in total. The number of hydrogen-bond donors (Lipinski definition) is 1. The molecule has 0 aliphatic heterocycles. The van der Waals surface area contributed by atoms with Crippen LogP contribution >= 0.6 is 11.5 Å². The van der Waals surface area contributed by atoms with Gasteiger partial charge in [-0.2, -0.15) is 9.36 Å². The van der Waals surface area contributed by atoms with Gasteiger partial charge in [0.2, 0.25) is 0 Å². The molecule has 0 aromatic carbocycles. The zero-order valence-electron chi connectivity index (χ0n) is 12.8. The third kappa shape index (κ3) is 2.81. The van der Waals surface area contributed by atoms with Gasteiger partial charge in [-0.3, -0.25) is 0 Å². The quantitative estimate of drug-likeness (QED) is 0.916. The Morgan fingerprint density at radius 2 is 2.24 bits per heavy atom. The first-order valence-electron chi connectivity index (χ1n) is 7.70. The van der Waals surface area contributed by atoms with E-state index in [9.17, 15) is 0 Å². The molecule has 114 valence electrons. The summed E-state index contributed by atoms with van der Waals surface area (Å²) in [6.07, 6.45) is 6.23. The van der Waals surface area contributed by atoms with Crippen molar-refractivity contribution >= 4 is 16.5 Å². The molecule has 0 bridgehead atoms. The predicted molar refractivity (Wildman–Crippen MR) is 84.7 cm³/mol. The van der Waals surface area contributed by atoms with Gasteiger partial charge < -0.3 is 9.84 Å². The first-order valence-corrected chi connectivity index (χ1v) is 8.48. The molecule has 2 aromatic rings. The summed E-state index contributed by atoms with van der Waals surface area (Å²) in [6, 6.07) is 0. The highest BCUT2D eigenvalue weighted by atomic mass is 32.1. The number of aromatic nitrogens is 3. The Morgan fingerprint density at radius 3 is 3.00 bits per heavy atom. The molecule has 6 heteroatoms. The third-order valence-corrected chi connectivity index (χ3v) is 5.43. The molecule has 3 rings (SSSR count). The van der Waals surface area contributed by atoms with Crippen LogP contribution in [-0.4, -0.2) is 21.6 Å². The number of rotatable bonds is 4. The molecule has 1 aliphatic rings. The predicted octanol–water partition coefficient (Wildman–Crippen LogP) is 4.23. The second-order valence-corrected chi connectivity index (χ2v) is 6.59. The maximum absolute atomic E-state index is 5.52. The molecular formula is C15H22N4OS. The van der Waals surface area contributed by atoms with Crippen LogP contribution in [0.2, 0.25) is 0 Å². The molecule has 0 spiro atoms. The van der Waals surface area contributed by atoms with Crippen molar-refractivity contribution in [1.29, 1.82) is 0 Å². The lowest BCUT2D eigenvalue weighted by atomic mass is 9.80. The lowest BCUT2D eigenvalue weighted by Gasteiger charge is -2.26. The van der Waals surface area contributed by atoms with E-state index in [1.165, 1.54) is 43.6 Å². The molecule has 2 heterocycles. The summed E-state index contributed by atoms with van der Waals surface area (Å²) in [6.45, 7) is 4.25. The van der Waals surface area contributed by atoms with Crippen LogP contribution in [0, 0.1) is 12.8 Å². The van der Waals surface area contributed by atoms with Crippen LogP contribution in [0.1, 0.15) is 56.5 Å². The normalized spacial score (nSPS) is 22.4. The second kappa shape index (κ2) is 6.13. The fourth-order valence-corrected chi connectivity index (χ4v) is 3.93. The zero-order valence-corrected chi connectivity index (χ0v) is 13.7. The van der Waals surface area contributed by atoms with Gasteiger partial charge >= 0.3 is 0 Å². The second-order valence-electron chi connectivity index (χ2n) is 5.82. The molecule has 2 unspecified atom stereocenters. The topological polar surface area (TPSA) is 63.8 Å². The minimum absolute atomic E-state index is 0.450. The van der Waals surface area contributed by atoms with E-state index in [2.05, 4.69) is 26.8 Å². The highest BCUT2D eigenvalue weighted by Crippen LogP contribution is 2.38. The van der Waals surface area contributed by atoms with E-state index in [1.54, 1.807) is 0 Å². The zero-order chi connectivity index (χ0) is 14.8. The van der Waals surface area contributed by atoms with Crippen LogP contribution in [0.5, 0.6) is 0 Å². The average molecular weight is 306 g/mol. The smallest absolute Gasteiger partial charge is 0.262 e. The van der Waals surface area contributed by atoms with Crippen molar-refractivity contribution in [2.75, 3.05) is 12.4 Å². The van der Waals surface area contributed by atoms with Gasteiger partial charge in [-0.25, -0.2) is 0 Å². The van der Waals surface area contributed by atoms with Crippen molar-refractivity contribution in [3.05, 3.63) is 11.5 Å². The maximum atomic E-state index is 5.52. The highest BCUT2D eigenvalue weighted by molar-refractivity contribution is 7.10. The van der Waals surface area contributed by atoms with Crippen LogP contribution in [0.15, 0.2) is 4.52 Å². The fourth-order valence-electron chi connectivity index (χ4n) is 3.19. The van der Waals surface area contributed by atoms with Gasteiger partial charge in [-0.1, -0.05) is 31.3 Å². The van der Waals surface area contributed by atoms with Crippen molar-refractivity contribution in [2.45, 2.75) is 51.9 Å². The van der Waals surface area contributed by atoms with Gasteiger partial charge in [-0.05, 0) is 37.2 Å². The van der Waals surface area contributed by atoms with Gasteiger partial charge in [0.25, 0.3) is 5.89 Å². The first kappa shape index (κ1) is 14.5. The Hall–Kier alpha value is -1.43. The van der Waals surface area contributed by atoms with Gasteiger partial charge in [0.1, 0.15) is 5.00 Å². The minimum Gasteiger partial charge on any atom is -0.378 e. The number of aryl methyl sites for hydroxylation is 1. The van der Waals surface area contributed by atoms with Crippen molar-refractivity contribution in [3.63, 3.8) is 0 Å². The van der Waals surface area contributed by atoms with E-state index >= 15 is 0 Å². The van der Waals surface area contributed by atoms with Crippen molar-refractivity contribution in [3.8, 4) is 11.5 Å². The van der Waals surface area contributed by atoms with Crippen LogP contribution < -0.4 is 5.32 Å². The molecule has 0 saturated heterocycles. The molecule has 2 aromatic heterocycles. The van der Waals surface area contributed by atoms with Crippen molar-refractivity contribution < 1.29 is 4.52 Å². The Labute approximate surface area is 129 Å². The standard InChI is InChI=1S/C15H22N4OS/c1-4-10-6-5-7-11(8-10)13-17-14(20-18-13)12-9(2)19-21-15(12)16-3/h10-11,16H,4-8H2,1-3H3. The Balaban J connectivity index is 1.84. The molecule has 1 aliphatic carbocycles. The summed E-state index contributed by atoms with van der Waals surface area (Å²) in [7, 11) is 1.89. The number of nitrogens with zero attached hydrogens (tertiary/aromatic N) is 3. The molecule has 21 heavy (non-hydrogen) atoms. The summed E-state index contributed by atoms with van der Waals surface area (Å²) in [5, 5.41) is 8.38. The number of hydrogen-bond acceptors (Lipinski definition) is 6. The molecule has 0 amide bonds. The van der Waals surface area contributed by atoms with E-state index in [1.807, 2.05) is 14.0 Å². The largest absolute Gasteiger partial charge is 0.378 e. The Kier molecular flexibility index (Phi) is 4.24. The molecule has 0 radical (unpaired) electrons. The fraction of sp³-hybridized carbons (Fsp3) is 0.667. The molecule has 1 saturated carbocycles. The summed E-state index contributed by atoms with van der Waals surface area (Å²) < 4.78 is 9.88. The molecular weight excluding hydrogens is 284 g/mol.